The van der Waals surface area contributed by atoms with Crippen molar-refractivity contribution in [2.45, 2.75) is 84.5 Å². The van der Waals surface area contributed by atoms with Gasteiger partial charge in [0.05, 0.1) is 5.41 Å². The highest BCUT2D eigenvalue weighted by molar-refractivity contribution is 5.75. The van der Waals surface area contributed by atoms with Gasteiger partial charge in [0.15, 0.2) is 0 Å². The Kier molecular flexibility index (Phi) is 4.26. The predicted octanol–water partition coefficient (Wildman–Crippen LogP) is 4.87. The SMILES string of the molecule is CC1CC2CC(CO)CC(C34CCCC(C(=O)O)(CC(C)C3)C4)(C1)C2. The van der Waals surface area contributed by atoms with Crippen molar-refractivity contribution in [1.29, 1.82) is 0 Å². The lowest BCUT2D eigenvalue weighted by atomic mass is 9.38. The van der Waals surface area contributed by atoms with Crippen molar-refractivity contribution < 1.29 is 15.0 Å². The van der Waals surface area contributed by atoms with E-state index in [0.29, 0.717) is 18.4 Å². The van der Waals surface area contributed by atoms with Gasteiger partial charge in [0, 0.05) is 6.61 Å². The number of rotatable bonds is 3. The Morgan fingerprint density at radius 1 is 0.960 bits per heavy atom. The number of hydrogen-bond donors (Lipinski definition) is 2. The zero-order valence-corrected chi connectivity index (χ0v) is 16.1. The van der Waals surface area contributed by atoms with E-state index in [1.807, 2.05) is 0 Å². The van der Waals surface area contributed by atoms with Gasteiger partial charge in [-0.05, 0) is 98.7 Å². The van der Waals surface area contributed by atoms with Crippen molar-refractivity contribution >= 4 is 5.97 Å². The van der Waals surface area contributed by atoms with E-state index >= 15 is 0 Å². The summed E-state index contributed by atoms with van der Waals surface area (Å²) in [7, 11) is 0. The molecule has 0 aromatic rings. The molecule has 3 nitrogen and oxygen atoms in total. The highest BCUT2D eigenvalue weighted by atomic mass is 16.4. The summed E-state index contributed by atoms with van der Waals surface area (Å²) in [6.45, 7) is 5.03. The number of aliphatic hydroxyl groups excluding tert-OH is 1. The maximum Gasteiger partial charge on any atom is 0.309 e. The summed E-state index contributed by atoms with van der Waals surface area (Å²) in [6.07, 6.45) is 12.4. The molecule has 2 N–H and O–H groups in total. The van der Waals surface area contributed by atoms with Crippen molar-refractivity contribution in [3.63, 3.8) is 0 Å². The molecule has 0 radical (unpaired) electrons. The van der Waals surface area contributed by atoms with E-state index in [1.165, 1.54) is 38.5 Å². The molecule has 0 aliphatic heterocycles. The van der Waals surface area contributed by atoms with Gasteiger partial charge in [-0.15, -0.1) is 0 Å². The molecule has 3 heteroatoms. The maximum absolute atomic E-state index is 12.3. The summed E-state index contributed by atoms with van der Waals surface area (Å²) in [5.41, 5.74) is 0.0336. The Bertz CT molecular complexity index is 541. The van der Waals surface area contributed by atoms with Gasteiger partial charge in [-0.1, -0.05) is 20.3 Å². The first-order valence-electron chi connectivity index (χ1n) is 10.7. The molecule has 4 fully saturated rings. The molecule has 4 bridgehead atoms. The summed E-state index contributed by atoms with van der Waals surface area (Å²) < 4.78 is 0. The number of carboxylic acid groups (broad SMARTS) is 1. The Morgan fingerprint density at radius 3 is 2.44 bits per heavy atom. The number of carbonyl (C=O) groups is 1. The third kappa shape index (κ3) is 2.67. The molecule has 142 valence electrons. The zero-order chi connectivity index (χ0) is 17.9. The number of aliphatic hydroxyl groups is 1. The molecule has 7 unspecified atom stereocenters. The van der Waals surface area contributed by atoms with Crippen LogP contribution in [-0.4, -0.2) is 22.8 Å². The number of fused-ring (bicyclic) bond motifs is 5. The Morgan fingerprint density at radius 2 is 1.72 bits per heavy atom. The molecule has 0 aromatic carbocycles. The van der Waals surface area contributed by atoms with Crippen molar-refractivity contribution in [3.05, 3.63) is 0 Å². The molecule has 0 saturated heterocycles. The number of hydrogen-bond acceptors (Lipinski definition) is 2. The fourth-order valence-corrected chi connectivity index (χ4v) is 8.56. The van der Waals surface area contributed by atoms with Crippen molar-refractivity contribution in [1.82, 2.24) is 0 Å². The van der Waals surface area contributed by atoms with Gasteiger partial charge in [0.25, 0.3) is 0 Å². The van der Waals surface area contributed by atoms with Crippen LogP contribution in [0.5, 0.6) is 0 Å². The molecule has 0 heterocycles. The first kappa shape index (κ1) is 17.8. The van der Waals surface area contributed by atoms with Crippen LogP contribution in [0.3, 0.4) is 0 Å². The maximum atomic E-state index is 12.3. The second kappa shape index (κ2) is 5.97. The van der Waals surface area contributed by atoms with Gasteiger partial charge in [-0.25, -0.2) is 0 Å². The first-order valence-corrected chi connectivity index (χ1v) is 10.7. The minimum atomic E-state index is -0.533. The van der Waals surface area contributed by atoms with Crippen LogP contribution in [-0.2, 0) is 4.79 Å². The van der Waals surface area contributed by atoms with Crippen molar-refractivity contribution in [2.24, 2.45) is 39.9 Å². The van der Waals surface area contributed by atoms with Gasteiger partial charge >= 0.3 is 5.97 Å². The molecular formula is C22H36O3. The van der Waals surface area contributed by atoms with Gasteiger partial charge in [0.2, 0.25) is 0 Å². The topological polar surface area (TPSA) is 57.5 Å². The largest absolute Gasteiger partial charge is 0.481 e. The van der Waals surface area contributed by atoms with Crippen molar-refractivity contribution in [2.75, 3.05) is 6.61 Å². The smallest absolute Gasteiger partial charge is 0.309 e. The van der Waals surface area contributed by atoms with Crippen LogP contribution in [0.15, 0.2) is 0 Å². The van der Waals surface area contributed by atoms with Crippen LogP contribution >= 0.6 is 0 Å². The van der Waals surface area contributed by atoms with Gasteiger partial charge in [-0.3, -0.25) is 4.79 Å². The lowest BCUT2D eigenvalue weighted by molar-refractivity contribution is -0.187. The molecule has 4 aliphatic rings. The van der Waals surface area contributed by atoms with Crippen LogP contribution in [0.25, 0.3) is 0 Å². The zero-order valence-electron chi connectivity index (χ0n) is 16.1. The Labute approximate surface area is 152 Å². The molecule has 0 spiro atoms. The lowest BCUT2D eigenvalue weighted by Gasteiger charge is -2.66. The molecule has 4 aliphatic carbocycles. The Hall–Kier alpha value is -0.570. The minimum absolute atomic E-state index is 0.210. The quantitative estimate of drug-likeness (QED) is 0.765. The second-order valence-electron chi connectivity index (χ2n) is 10.8. The van der Waals surface area contributed by atoms with Crippen molar-refractivity contribution in [3.8, 4) is 0 Å². The molecule has 0 aromatic heterocycles. The molecule has 0 amide bonds. The van der Waals surface area contributed by atoms with E-state index in [9.17, 15) is 15.0 Å². The van der Waals surface area contributed by atoms with Gasteiger partial charge in [0.1, 0.15) is 0 Å². The normalized spacial score (nSPS) is 52.6. The summed E-state index contributed by atoms with van der Waals surface area (Å²) in [5, 5.41) is 20.0. The van der Waals surface area contributed by atoms with E-state index in [-0.39, 0.29) is 10.8 Å². The average Bonchev–Trinajstić information content (AvgIpc) is 2.52. The van der Waals surface area contributed by atoms with E-state index in [2.05, 4.69) is 13.8 Å². The van der Waals surface area contributed by atoms with E-state index in [4.69, 9.17) is 0 Å². The predicted molar refractivity (Wildman–Crippen MR) is 98.1 cm³/mol. The third-order valence-electron chi connectivity index (χ3n) is 8.80. The highest BCUT2D eigenvalue weighted by Crippen LogP contribution is 2.71. The average molecular weight is 349 g/mol. The summed E-state index contributed by atoms with van der Waals surface area (Å²) >= 11 is 0. The molecule has 25 heavy (non-hydrogen) atoms. The molecule has 7 atom stereocenters. The van der Waals surface area contributed by atoms with Crippen LogP contribution in [0.4, 0.5) is 0 Å². The van der Waals surface area contributed by atoms with Crippen LogP contribution in [0.2, 0.25) is 0 Å². The fraction of sp³-hybridized carbons (Fsp3) is 0.955. The molecule has 4 saturated carbocycles. The van der Waals surface area contributed by atoms with E-state index in [1.54, 1.807) is 0 Å². The number of aliphatic carboxylic acids is 1. The third-order valence-corrected chi connectivity index (χ3v) is 8.80. The van der Waals surface area contributed by atoms with Gasteiger partial charge < -0.3 is 10.2 Å². The van der Waals surface area contributed by atoms with Crippen LogP contribution < -0.4 is 0 Å². The number of carboxylic acids is 1. The monoisotopic (exact) mass is 348 g/mol. The summed E-state index contributed by atoms with van der Waals surface area (Å²) in [5.74, 6) is 1.94. The Balaban J connectivity index is 1.75. The lowest BCUT2D eigenvalue weighted by Crippen LogP contribution is -2.58. The summed E-state index contributed by atoms with van der Waals surface area (Å²) in [6, 6.07) is 0. The van der Waals surface area contributed by atoms with E-state index < -0.39 is 11.4 Å². The highest BCUT2D eigenvalue weighted by Gasteiger charge is 2.63. The van der Waals surface area contributed by atoms with Crippen LogP contribution in [0, 0.1) is 39.9 Å². The first-order chi connectivity index (χ1) is 11.8. The minimum Gasteiger partial charge on any atom is -0.481 e. The molecular weight excluding hydrogens is 312 g/mol. The molecule has 4 rings (SSSR count). The van der Waals surface area contributed by atoms with Crippen LogP contribution in [0.1, 0.15) is 84.5 Å². The fourth-order valence-electron chi connectivity index (χ4n) is 8.56. The standard InChI is InChI=1S/C22H36O3/c1-15-6-17-7-18(13-23)12-22(9-15,11-17)21-5-3-4-20(14-21,19(24)25)8-16(2)10-21/h15-18,23H,3-14H2,1-2H3,(H,24,25). The summed E-state index contributed by atoms with van der Waals surface area (Å²) in [4.78, 5) is 12.3. The second-order valence-corrected chi connectivity index (χ2v) is 10.8. The van der Waals surface area contributed by atoms with Gasteiger partial charge in [-0.2, -0.15) is 0 Å². The van der Waals surface area contributed by atoms with E-state index in [0.717, 1.165) is 43.9 Å².